The molecule has 0 spiro atoms. The number of nitrogens with one attached hydrogen (secondary N) is 2. The van der Waals surface area contributed by atoms with E-state index in [0.29, 0.717) is 16.9 Å². The van der Waals surface area contributed by atoms with Crippen molar-refractivity contribution in [1.82, 2.24) is 10.1 Å². The summed E-state index contributed by atoms with van der Waals surface area (Å²) in [6.07, 6.45) is 1.39. The average Bonchev–Trinajstić information content (AvgIpc) is 2.88. The normalized spacial score (nSPS) is 11.5. The molecule has 0 saturated heterocycles. The van der Waals surface area contributed by atoms with Crippen molar-refractivity contribution in [2.24, 2.45) is 5.10 Å². The Morgan fingerprint density at radius 2 is 1.58 bits per heavy atom. The molecule has 9 heteroatoms. The van der Waals surface area contributed by atoms with Gasteiger partial charge in [0, 0.05) is 0 Å². The molecule has 0 unspecified atom stereocenters. The Hall–Kier alpha value is -4.34. The Morgan fingerprint density at radius 3 is 2.33 bits per heavy atom. The summed E-state index contributed by atoms with van der Waals surface area (Å²) >= 11 is 0. The second-order valence-corrected chi connectivity index (χ2v) is 9.68. The number of nitrogens with zero attached hydrogens (tertiary/aromatic N) is 1. The number of ether oxygens (including phenoxy) is 1. The number of aryl methyl sites for hydroxylation is 1. The van der Waals surface area contributed by atoms with Gasteiger partial charge in [0.25, 0.3) is 5.91 Å². The largest absolute Gasteiger partial charge is 0.423 e. The van der Waals surface area contributed by atoms with Crippen LogP contribution in [0.2, 0.25) is 0 Å². The lowest BCUT2D eigenvalue weighted by Gasteiger charge is -2.07. The van der Waals surface area contributed by atoms with Crippen molar-refractivity contribution in [3.05, 3.63) is 108 Å². The lowest BCUT2D eigenvalue weighted by Crippen LogP contribution is -2.34. The summed E-state index contributed by atoms with van der Waals surface area (Å²) in [5, 5.41) is 5.59. The summed E-state index contributed by atoms with van der Waals surface area (Å²) in [6.45, 7) is 1.39. The monoisotopic (exact) mass is 501 g/mol. The highest BCUT2D eigenvalue weighted by Crippen LogP contribution is 2.21. The molecular weight excluding hydrogens is 478 g/mol. The molecule has 4 rings (SSSR count). The van der Waals surface area contributed by atoms with Gasteiger partial charge in [-0.05, 0) is 65.7 Å². The summed E-state index contributed by atoms with van der Waals surface area (Å²) in [5.74, 6) is -0.726. The molecule has 4 aromatic carbocycles. The Labute approximate surface area is 208 Å². The van der Waals surface area contributed by atoms with Crippen molar-refractivity contribution in [2.45, 2.75) is 11.8 Å². The maximum absolute atomic E-state index is 12.7. The molecule has 4 aromatic rings. The lowest BCUT2D eigenvalue weighted by atomic mass is 10.0. The molecule has 0 radical (unpaired) electrons. The Bertz CT molecular complexity index is 1520. The van der Waals surface area contributed by atoms with Gasteiger partial charge in [-0.1, -0.05) is 54.1 Å². The number of hydrazone groups is 1. The van der Waals surface area contributed by atoms with Gasteiger partial charge < -0.3 is 4.74 Å². The van der Waals surface area contributed by atoms with Gasteiger partial charge in [0.2, 0.25) is 10.0 Å². The Morgan fingerprint density at radius 1 is 0.889 bits per heavy atom. The van der Waals surface area contributed by atoms with Crippen LogP contribution in [0, 0.1) is 6.92 Å². The number of carbonyl (C=O) groups excluding carboxylic acids is 2. The van der Waals surface area contributed by atoms with Gasteiger partial charge >= 0.3 is 5.97 Å². The van der Waals surface area contributed by atoms with Crippen molar-refractivity contribution >= 4 is 38.9 Å². The Balaban J connectivity index is 1.29. The molecule has 1 amide bonds. The fourth-order valence-corrected chi connectivity index (χ4v) is 4.35. The zero-order valence-electron chi connectivity index (χ0n) is 19.3. The summed E-state index contributed by atoms with van der Waals surface area (Å²) in [4.78, 5) is 24.7. The van der Waals surface area contributed by atoms with Crippen molar-refractivity contribution in [3.8, 4) is 5.75 Å². The smallest absolute Gasteiger partial charge is 0.344 e. The molecule has 0 saturated carbocycles. The van der Waals surface area contributed by atoms with Crippen LogP contribution in [0.4, 0.5) is 0 Å². The highest BCUT2D eigenvalue weighted by molar-refractivity contribution is 7.89. The van der Waals surface area contributed by atoms with Crippen LogP contribution in [0.3, 0.4) is 0 Å². The minimum Gasteiger partial charge on any atom is -0.423 e. The van der Waals surface area contributed by atoms with Crippen LogP contribution < -0.4 is 14.9 Å². The van der Waals surface area contributed by atoms with Gasteiger partial charge in [0.05, 0.1) is 23.2 Å². The molecule has 0 atom stereocenters. The number of esters is 1. The van der Waals surface area contributed by atoms with E-state index in [1.165, 1.54) is 18.3 Å². The molecule has 182 valence electrons. The minimum atomic E-state index is -3.80. The van der Waals surface area contributed by atoms with Crippen molar-refractivity contribution < 1.29 is 22.7 Å². The minimum absolute atomic E-state index is 0.0747. The number of benzene rings is 4. The van der Waals surface area contributed by atoms with Crippen molar-refractivity contribution in [3.63, 3.8) is 0 Å². The van der Waals surface area contributed by atoms with E-state index < -0.39 is 28.4 Å². The van der Waals surface area contributed by atoms with Crippen LogP contribution in [-0.4, -0.2) is 33.1 Å². The zero-order chi connectivity index (χ0) is 25.5. The number of rotatable bonds is 8. The molecule has 2 N–H and O–H groups in total. The molecule has 36 heavy (non-hydrogen) atoms. The fraction of sp³-hybridized carbons (Fsp3) is 0.0741. The van der Waals surface area contributed by atoms with E-state index in [4.69, 9.17) is 4.74 Å². The van der Waals surface area contributed by atoms with Gasteiger partial charge in [0.1, 0.15) is 5.75 Å². The number of carbonyl (C=O) groups is 2. The topological polar surface area (TPSA) is 114 Å². The molecule has 0 aliphatic rings. The van der Waals surface area contributed by atoms with E-state index in [9.17, 15) is 18.0 Å². The summed E-state index contributed by atoms with van der Waals surface area (Å²) in [6, 6.07) is 25.9. The summed E-state index contributed by atoms with van der Waals surface area (Å²) < 4.78 is 32.2. The molecule has 0 aliphatic carbocycles. The van der Waals surface area contributed by atoms with Crippen LogP contribution in [-0.2, 0) is 14.8 Å². The number of hydrogen-bond acceptors (Lipinski definition) is 6. The van der Waals surface area contributed by atoms with Crippen LogP contribution in [0.1, 0.15) is 21.5 Å². The predicted octanol–water partition coefficient (Wildman–Crippen LogP) is 3.80. The maximum Gasteiger partial charge on any atom is 0.344 e. The van der Waals surface area contributed by atoms with Gasteiger partial charge in [-0.25, -0.2) is 23.4 Å². The molecule has 0 aliphatic heterocycles. The van der Waals surface area contributed by atoms with Crippen molar-refractivity contribution in [2.75, 3.05) is 6.54 Å². The first-order valence-electron chi connectivity index (χ1n) is 11.0. The van der Waals surface area contributed by atoms with E-state index in [2.05, 4.69) is 15.2 Å². The van der Waals surface area contributed by atoms with Gasteiger partial charge in [-0.15, -0.1) is 0 Å². The van der Waals surface area contributed by atoms with E-state index in [1.54, 1.807) is 48.5 Å². The quantitative estimate of drug-likeness (QED) is 0.165. The second-order valence-electron chi connectivity index (χ2n) is 7.92. The molecule has 0 bridgehead atoms. The Kier molecular flexibility index (Phi) is 7.53. The third kappa shape index (κ3) is 6.21. The van der Waals surface area contributed by atoms with Crippen LogP contribution in [0.25, 0.3) is 10.8 Å². The van der Waals surface area contributed by atoms with Gasteiger partial charge in [-0.3, -0.25) is 4.79 Å². The molecule has 8 nitrogen and oxygen atoms in total. The number of hydrogen-bond donors (Lipinski definition) is 2. The van der Waals surface area contributed by atoms with E-state index >= 15 is 0 Å². The fourth-order valence-electron chi connectivity index (χ4n) is 3.37. The lowest BCUT2D eigenvalue weighted by molar-refractivity contribution is -0.119. The molecular formula is C27H23N3O5S. The highest BCUT2D eigenvalue weighted by Gasteiger charge is 2.15. The number of sulfonamides is 1. The molecule has 0 fully saturated rings. The van der Waals surface area contributed by atoms with Gasteiger partial charge in [-0.2, -0.15) is 5.10 Å². The van der Waals surface area contributed by atoms with E-state index in [0.717, 1.165) is 16.3 Å². The standard InChI is InChI=1S/C27H23N3O5S/c1-19-9-15-23(16-10-19)36(33,34)29-18-26(31)30-28-17-20-11-13-22(14-12-20)35-27(32)25-8-4-6-21-5-2-3-7-24(21)25/h2-17,29H,18H2,1H3,(H,30,31)/b28-17+. The first-order chi connectivity index (χ1) is 17.3. The third-order valence-electron chi connectivity index (χ3n) is 5.26. The summed E-state index contributed by atoms with van der Waals surface area (Å²) in [5.41, 5.74) is 4.31. The molecule has 0 aromatic heterocycles. The second kappa shape index (κ2) is 10.9. The third-order valence-corrected chi connectivity index (χ3v) is 6.67. The van der Waals surface area contributed by atoms with E-state index in [-0.39, 0.29) is 4.90 Å². The van der Waals surface area contributed by atoms with Crippen LogP contribution in [0.5, 0.6) is 5.75 Å². The van der Waals surface area contributed by atoms with Crippen LogP contribution in [0.15, 0.2) is 101 Å². The summed E-state index contributed by atoms with van der Waals surface area (Å²) in [7, 11) is -3.80. The first-order valence-corrected chi connectivity index (χ1v) is 12.5. The molecule has 0 heterocycles. The van der Waals surface area contributed by atoms with Gasteiger partial charge in [0.15, 0.2) is 0 Å². The van der Waals surface area contributed by atoms with E-state index in [1.807, 2.05) is 37.3 Å². The SMILES string of the molecule is Cc1ccc(S(=O)(=O)NCC(=O)N/N=C/c2ccc(OC(=O)c3cccc4ccccc34)cc2)cc1. The number of fused-ring (bicyclic) bond motifs is 1. The van der Waals surface area contributed by atoms with Crippen molar-refractivity contribution in [1.29, 1.82) is 0 Å². The van der Waals surface area contributed by atoms with Crippen LogP contribution >= 0.6 is 0 Å². The maximum atomic E-state index is 12.7. The average molecular weight is 502 g/mol. The highest BCUT2D eigenvalue weighted by atomic mass is 32.2. The first kappa shape index (κ1) is 24.8. The number of amides is 1. The zero-order valence-corrected chi connectivity index (χ0v) is 20.2. The predicted molar refractivity (Wildman–Crippen MR) is 137 cm³/mol.